The van der Waals surface area contributed by atoms with Crippen molar-refractivity contribution in [2.75, 3.05) is 11.9 Å². The van der Waals surface area contributed by atoms with Crippen molar-refractivity contribution < 1.29 is 4.79 Å². The number of amides is 1. The summed E-state index contributed by atoms with van der Waals surface area (Å²) in [4.78, 5) is 20.0. The third-order valence-electron chi connectivity index (χ3n) is 8.25. The number of benzene rings is 3. The first-order valence-corrected chi connectivity index (χ1v) is 14.9. The number of pyridine rings is 1. The summed E-state index contributed by atoms with van der Waals surface area (Å²) in [6.45, 7) is 6.90. The van der Waals surface area contributed by atoms with E-state index >= 15 is 0 Å². The quantitative estimate of drug-likeness (QED) is 0.192. The molecule has 7 heteroatoms. The molecule has 1 aliphatic rings. The molecule has 6 nitrogen and oxygen atoms in total. The summed E-state index contributed by atoms with van der Waals surface area (Å²) >= 11 is 5.90. The molecule has 2 N–H and O–H groups in total. The van der Waals surface area contributed by atoms with Gasteiger partial charge < -0.3 is 20.1 Å². The van der Waals surface area contributed by atoms with E-state index in [-0.39, 0.29) is 18.0 Å². The first-order chi connectivity index (χ1) is 20.5. The predicted molar refractivity (Wildman–Crippen MR) is 174 cm³/mol. The molecule has 212 valence electrons. The highest BCUT2D eigenvalue weighted by molar-refractivity contribution is 7.80. The van der Waals surface area contributed by atoms with E-state index in [0.717, 1.165) is 40.4 Å². The number of carbonyl (C=O) groups excluding carboxylic acids is 1. The van der Waals surface area contributed by atoms with Gasteiger partial charge in [-0.2, -0.15) is 0 Å². The van der Waals surface area contributed by atoms with Gasteiger partial charge in [0.25, 0.3) is 0 Å². The maximum Gasteiger partial charge on any atom is 0.226 e. The van der Waals surface area contributed by atoms with E-state index in [1.54, 1.807) is 0 Å². The second kappa shape index (κ2) is 11.8. The van der Waals surface area contributed by atoms with Gasteiger partial charge in [-0.3, -0.25) is 9.78 Å². The Hall–Kier alpha value is -4.49. The number of hydrogen-bond donors (Lipinski definition) is 2. The van der Waals surface area contributed by atoms with Gasteiger partial charge in [-0.25, -0.2) is 0 Å². The van der Waals surface area contributed by atoms with E-state index in [1.165, 1.54) is 16.3 Å². The molecule has 3 heterocycles. The summed E-state index contributed by atoms with van der Waals surface area (Å²) in [5.74, 6) is -0.0278. The Balaban J connectivity index is 1.36. The minimum Gasteiger partial charge on any atom is -0.352 e. The number of anilines is 1. The normalized spacial score (nSPS) is 16.5. The van der Waals surface area contributed by atoms with Crippen molar-refractivity contribution in [2.45, 2.75) is 45.7 Å². The van der Waals surface area contributed by atoms with Crippen LogP contribution in [0.5, 0.6) is 0 Å². The van der Waals surface area contributed by atoms with Crippen molar-refractivity contribution in [1.29, 1.82) is 0 Å². The average molecular weight is 574 g/mol. The van der Waals surface area contributed by atoms with Gasteiger partial charge in [-0.05, 0) is 79.3 Å². The number of thiocarbonyl (C=S) groups is 1. The molecule has 2 aromatic heterocycles. The second-order valence-corrected chi connectivity index (χ2v) is 11.2. The molecule has 1 saturated heterocycles. The highest BCUT2D eigenvalue weighted by Gasteiger charge is 2.41. The molecule has 6 rings (SSSR count). The number of para-hydroxylation sites is 1. The molecular weight excluding hydrogens is 538 g/mol. The van der Waals surface area contributed by atoms with E-state index in [4.69, 9.17) is 17.2 Å². The summed E-state index contributed by atoms with van der Waals surface area (Å²) in [5.41, 5.74) is 7.52. The summed E-state index contributed by atoms with van der Waals surface area (Å²) in [5, 5.41) is 9.70. The van der Waals surface area contributed by atoms with Gasteiger partial charge in [0.05, 0.1) is 23.5 Å². The van der Waals surface area contributed by atoms with E-state index < -0.39 is 0 Å². The Labute approximate surface area is 252 Å². The molecule has 42 heavy (non-hydrogen) atoms. The predicted octanol–water partition coefficient (Wildman–Crippen LogP) is 7.21. The third-order valence-corrected chi connectivity index (χ3v) is 8.60. The summed E-state index contributed by atoms with van der Waals surface area (Å²) in [6.07, 6.45) is 2.99. The highest BCUT2D eigenvalue weighted by Crippen LogP contribution is 2.42. The molecule has 0 unspecified atom stereocenters. The number of aromatic nitrogens is 2. The van der Waals surface area contributed by atoms with E-state index in [1.807, 2.05) is 48.7 Å². The van der Waals surface area contributed by atoms with Crippen LogP contribution in [-0.4, -0.2) is 32.0 Å². The molecular formula is C35H35N5OS. The standard InChI is InChI=1S/C35H35N5OS/c1-4-25-12-6-8-16-29(25)37-32(41)19-21-39-34(33(38-35(39)42)30-17-9-10-20-36-30)28-22-23(2)40(24(28)3)31-18-11-14-26-13-5-7-15-27(26)31/h5-18,20,22,33-34H,4,19,21H2,1-3H3,(H,37,41)(H,38,42)/t33-,34-/m0/s1. The van der Waals surface area contributed by atoms with Gasteiger partial charge in [-0.1, -0.05) is 67.6 Å². The van der Waals surface area contributed by atoms with Crippen LogP contribution in [0, 0.1) is 13.8 Å². The largest absolute Gasteiger partial charge is 0.352 e. The van der Waals surface area contributed by atoms with Crippen molar-refractivity contribution in [3.05, 3.63) is 125 Å². The molecule has 5 aromatic rings. The third kappa shape index (κ3) is 5.16. The smallest absolute Gasteiger partial charge is 0.226 e. The zero-order chi connectivity index (χ0) is 29.2. The van der Waals surface area contributed by atoms with Crippen LogP contribution in [0.25, 0.3) is 16.5 Å². The van der Waals surface area contributed by atoms with Crippen molar-refractivity contribution in [1.82, 2.24) is 19.8 Å². The summed E-state index contributed by atoms with van der Waals surface area (Å²) in [7, 11) is 0. The summed E-state index contributed by atoms with van der Waals surface area (Å²) < 4.78 is 2.33. The van der Waals surface area contributed by atoms with Gasteiger partial charge in [0.15, 0.2) is 5.11 Å². The highest BCUT2D eigenvalue weighted by atomic mass is 32.1. The van der Waals surface area contributed by atoms with Crippen LogP contribution in [0.3, 0.4) is 0 Å². The van der Waals surface area contributed by atoms with E-state index in [9.17, 15) is 4.79 Å². The lowest BCUT2D eigenvalue weighted by molar-refractivity contribution is -0.116. The lowest BCUT2D eigenvalue weighted by Crippen LogP contribution is -2.33. The maximum absolute atomic E-state index is 13.2. The van der Waals surface area contributed by atoms with E-state index in [2.05, 4.69) is 89.4 Å². The minimum atomic E-state index is -0.149. The molecule has 1 aliphatic heterocycles. The van der Waals surface area contributed by atoms with Crippen LogP contribution in [0.2, 0.25) is 0 Å². The maximum atomic E-state index is 13.2. The molecule has 0 aliphatic carbocycles. The fourth-order valence-corrected chi connectivity index (χ4v) is 6.56. The van der Waals surface area contributed by atoms with Crippen LogP contribution in [0.15, 0.2) is 97.2 Å². The van der Waals surface area contributed by atoms with Crippen LogP contribution in [0.4, 0.5) is 5.69 Å². The zero-order valence-electron chi connectivity index (χ0n) is 24.2. The van der Waals surface area contributed by atoms with Gasteiger partial charge in [0.1, 0.15) is 0 Å². The lowest BCUT2D eigenvalue weighted by Gasteiger charge is -2.28. The minimum absolute atomic E-state index is 0.0278. The Morgan fingerprint density at radius 1 is 0.976 bits per heavy atom. The average Bonchev–Trinajstić information content (AvgIpc) is 3.50. The van der Waals surface area contributed by atoms with Gasteiger partial charge >= 0.3 is 0 Å². The molecule has 0 spiro atoms. The van der Waals surface area contributed by atoms with Gasteiger partial charge in [-0.15, -0.1) is 0 Å². The van der Waals surface area contributed by atoms with Crippen molar-refractivity contribution in [2.24, 2.45) is 0 Å². The Bertz CT molecular complexity index is 1760. The number of aryl methyl sites for hydroxylation is 2. The Kier molecular flexibility index (Phi) is 7.76. The number of nitrogens with zero attached hydrogens (tertiary/aromatic N) is 3. The van der Waals surface area contributed by atoms with Crippen LogP contribution in [0.1, 0.15) is 53.6 Å². The SMILES string of the molecule is CCc1ccccc1NC(=O)CCN1C(=S)N[C@@H](c2ccccn2)[C@@H]1c1cc(C)n(-c2cccc3ccccc23)c1C. The fraction of sp³-hybridized carbons (Fsp3) is 0.229. The number of carbonyl (C=O) groups is 1. The van der Waals surface area contributed by atoms with Crippen molar-refractivity contribution >= 4 is 39.7 Å². The molecule has 0 bridgehead atoms. The molecule has 1 amide bonds. The molecule has 0 radical (unpaired) electrons. The van der Waals surface area contributed by atoms with Gasteiger partial charge in [0, 0.05) is 41.6 Å². The molecule has 1 fully saturated rings. The van der Waals surface area contributed by atoms with E-state index in [0.29, 0.717) is 18.1 Å². The number of rotatable bonds is 8. The summed E-state index contributed by atoms with van der Waals surface area (Å²) in [6, 6.07) is 30.8. The van der Waals surface area contributed by atoms with Crippen LogP contribution < -0.4 is 10.6 Å². The first kappa shape index (κ1) is 27.7. The number of nitrogens with one attached hydrogen (secondary N) is 2. The monoisotopic (exact) mass is 573 g/mol. The van der Waals surface area contributed by atoms with Crippen molar-refractivity contribution in [3.8, 4) is 5.69 Å². The van der Waals surface area contributed by atoms with Gasteiger partial charge in [0.2, 0.25) is 5.91 Å². The second-order valence-electron chi connectivity index (χ2n) is 10.8. The van der Waals surface area contributed by atoms with Crippen LogP contribution in [-0.2, 0) is 11.2 Å². The first-order valence-electron chi connectivity index (χ1n) is 14.5. The van der Waals surface area contributed by atoms with Crippen LogP contribution >= 0.6 is 12.2 Å². The molecule has 0 saturated carbocycles. The Morgan fingerprint density at radius 2 is 1.74 bits per heavy atom. The molecule has 3 aromatic carbocycles. The van der Waals surface area contributed by atoms with Crippen molar-refractivity contribution in [3.63, 3.8) is 0 Å². The number of fused-ring (bicyclic) bond motifs is 1. The topological polar surface area (TPSA) is 62.2 Å². The fourth-order valence-electron chi connectivity index (χ4n) is 6.23. The zero-order valence-corrected chi connectivity index (χ0v) is 25.0. The number of hydrogen-bond acceptors (Lipinski definition) is 3. The lowest BCUT2D eigenvalue weighted by atomic mass is 9.96. The Morgan fingerprint density at radius 3 is 2.55 bits per heavy atom. The molecule has 2 atom stereocenters.